The van der Waals surface area contributed by atoms with E-state index in [9.17, 15) is 5.11 Å². The fraction of sp³-hybridized carbons (Fsp3) is 0.800. The van der Waals surface area contributed by atoms with Crippen molar-refractivity contribution in [3.05, 3.63) is 12.2 Å². The Bertz CT molecular complexity index is 105. The van der Waals surface area contributed by atoms with E-state index < -0.39 is 0 Å². The number of aliphatic hydroxyl groups excluding tert-OH is 1. The normalized spacial score (nSPS) is 14.6. The van der Waals surface area contributed by atoms with Gasteiger partial charge in [0.1, 0.15) is 0 Å². The predicted molar refractivity (Wildman–Crippen MR) is 49.5 cm³/mol. The van der Waals surface area contributed by atoms with Gasteiger partial charge in [0.2, 0.25) is 0 Å². The van der Waals surface area contributed by atoms with Gasteiger partial charge in [-0.15, -0.1) is 0 Å². The molecule has 0 aromatic carbocycles. The van der Waals surface area contributed by atoms with E-state index in [1.807, 2.05) is 13.0 Å². The smallest absolute Gasteiger partial charge is 0.0545 e. The van der Waals surface area contributed by atoms with Gasteiger partial charge < -0.3 is 5.11 Å². The van der Waals surface area contributed by atoms with Crippen molar-refractivity contribution < 1.29 is 5.11 Å². The minimum absolute atomic E-state index is 0.105. The summed E-state index contributed by atoms with van der Waals surface area (Å²) in [4.78, 5) is 0. The van der Waals surface area contributed by atoms with Crippen LogP contribution in [0.1, 0.15) is 40.0 Å². The highest BCUT2D eigenvalue weighted by molar-refractivity contribution is 4.77. The highest BCUT2D eigenvalue weighted by Gasteiger charge is 2.04. The van der Waals surface area contributed by atoms with Crippen LogP contribution in [0.3, 0.4) is 0 Å². The SMILES string of the molecule is C/C=C/CCC(O)CC(C)C. The Kier molecular flexibility index (Phi) is 6.24. The van der Waals surface area contributed by atoms with Crippen molar-refractivity contribution in [2.24, 2.45) is 5.92 Å². The molecule has 66 valence electrons. The van der Waals surface area contributed by atoms with Gasteiger partial charge in [0.15, 0.2) is 0 Å². The molecule has 0 aliphatic carbocycles. The zero-order valence-electron chi connectivity index (χ0n) is 7.88. The van der Waals surface area contributed by atoms with E-state index in [1.54, 1.807) is 0 Å². The van der Waals surface area contributed by atoms with Crippen molar-refractivity contribution in [2.75, 3.05) is 0 Å². The molecule has 0 rings (SSSR count). The van der Waals surface area contributed by atoms with Crippen LogP contribution in [-0.4, -0.2) is 11.2 Å². The summed E-state index contributed by atoms with van der Waals surface area (Å²) in [7, 11) is 0. The molecular formula is C10H20O. The van der Waals surface area contributed by atoms with Crippen LogP contribution in [0.4, 0.5) is 0 Å². The first kappa shape index (κ1) is 10.7. The second kappa shape index (κ2) is 6.41. The molecule has 0 saturated carbocycles. The van der Waals surface area contributed by atoms with Crippen LogP contribution < -0.4 is 0 Å². The molecule has 1 atom stereocenters. The Morgan fingerprint density at radius 1 is 1.36 bits per heavy atom. The third-order valence-electron chi connectivity index (χ3n) is 1.65. The van der Waals surface area contributed by atoms with Gasteiger partial charge >= 0.3 is 0 Å². The van der Waals surface area contributed by atoms with Gasteiger partial charge in [-0.2, -0.15) is 0 Å². The number of allylic oxidation sites excluding steroid dienone is 2. The van der Waals surface area contributed by atoms with E-state index in [2.05, 4.69) is 19.9 Å². The van der Waals surface area contributed by atoms with E-state index in [4.69, 9.17) is 0 Å². The van der Waals surface area contributed by atoms with Crippen LogP contribution in [0.2, 0.25) is 0 Å². The summed E-state index contributed by atoms with van der Waals surface area (Å²) in [5.41, 5.74) is 0. The van der Waals surface area contributed by atoms with Crippen LogP contribution in [0.25, 0.3) is 0 Å². The highest BCUT2D eigenvalue weighted by Crippen LogP contribution is 2.09. The van der Waals surface area contributed by atoms with Gasteiger partial charge in [0.25, 0.3) is 0 Å². The summed E-state index contributed by atoms with van der Waals surface area (Å²) in [6.07, 6.45) is 6.86. The molecule has 0 heterocycles. The lowest BCUT2D eigenvalue weighted by molar-refractivity contribution is 0.140. The van der Waals surface area contributed by atoms with Crippen molar-refractivity contribution in [2.45, 2.75) is 46.1 Å². The van der Waals surface area contributed by atoms with Crippen molar-refractivity contribution in [1.29, 1.82) is 0 Å². The summed E-state index contributed by atoms with van der Waals surface area (Å²) >= 11 is 0. The molecule has 0 bridgehead atoms. The fourth-order valence-electron chi connectivity index (χ4n) is 1.12. The standard InChI is InChI=1S/C10H20O/c1-4-5-6-7-10(11)8-9(2)3/h4-5,9-11H,6-8H2,1-3H3/b5-4+. The molecule has 0 spiro atoms. The molecule has 11 heavy (non-hydrogen) atoms. The lowest BCUT2D eigenvalue weighted by Gasteiger charge is -2.10. The number of hydrogen-bond acceptors (Lipinski definition) is 1. The number of aliphatic hydroxyl groups is 1. The molecule has 0 radical (unpaired) electrons. The van der Waals surface area contributed by atoms with Gasteiger partial charge in [-0.05, 0) is 32.1 Å². The molecule has 0 aliphatic rings. The van der Waals surface area contributed by atoms with Gasteiger partial charge in [-0.3, -0.25) is 0 Å². The molecule has 1 N–H and O–H groups in total. The molecule has 0 aromatic heterocycles. The predicted octanol–water partition coefficient (Wildman–Crippen LogP) is 2.75. The molecule has 1 nitrogen and oxygen atoms in total. The lowest BCUT2D eigenvalue weighted by Crippen LogP contribution is -2.09. The van der Waals surface area contributed by atoms with Crippen LogP contribution in [0, 0.1) is 5.92 Å². The molecule has 0 aliphatic heterocycles. The summed E-state index contributed by atoms with van der Waals surface area (Å²) < 4.78 is 0. The molecule has 1 unspecified atom stereocenters. The van der Waals surface area contributed by atoms with Crippen LogP contribution in [0.5, 0.6) is 0 Å². The lowest BCUT2D eigenvalue weighted by atomic mass is 10.0. The minimum Gasteiger partial charge on any atom is -0.393 e. The third-order valence-corrected chi connectivity index (χ3v) is 1.65. The Hall–Kier alpha value is -0.300. The fourth-order valence-corrected chi connectivity index (χ4v) is 1.12. The average molecular weight is 156 g/mol. The monoisotopic (exact) mass is 156 g/mol. The first-order chi connectivity index (χ1) is 5.16. The summed E-state index contributed by atoms with van der Waals surface area (Å²) in [5.74, 6) is 0.607. The maximum atomic E-state index is 9.41. The highest BCUT2D eigenvalue weighted by atomic mass is 16.3. The van der Waals surface area contributed by atoms with Crippen molar-refractivity contribution in [1.82, 2.24) is 0 Å². The van der Waals surface area contributed by atoms with E-state index in [0.29, 0.717) is 5.92 Å². The summed E-state index contributed by atoms with van der Waals surface area (Å²) in [5, 5.41) is 9.41. The summed E-state index contributed by atoms with van der Waals surface area (Å²) in [6, 6.07) is 0. The van der Waals surface area contributed by atoms with Crippen molar-refractivity contribution in [3.8, 4) is 0 Å². The van der Waals surface area contributed by atoms with Gasteiger partial charge in [-0.25, -0.2) is 0 Å². The van der Waals surface area contributed by atoms with E-state index in [1.165, 1.54) is 0 Å². The quantitative estimate of drug-likeness (QED) is 0.607. The van der Waals surface area contributed by atoms with E-state index in [0.717, 1.165) is 19.3 Å². The molecule has 0 saturated heterocycles. The van der Waals surface area contributed by atoms with Crippen molar-refractivity contribution >= 4 is 0 Å². The Labute approximate surface area is 70.1 Å². The molecule has 0 fully saturated rings. The minimum atomic E-state index is -0.105. The van der Waals surface area contributed by atoms with E-state index in [-0.39, 0.29) is 6.10 Å². The molecular weight excluding hydrogens is 136 g/mol. The first-order valence-electron chi connectivity index (χ1n) is 4.46. The maximum absolute atomic E-state index is 9.41. The zero-order valence-corrected chi connectivity index (χ0v) is 7.88. The third kappa shape index (κ3) is 7.60. The topological polar surface area (TPSA) is 20.2 Å². The Balaban J connectivity index is 3.29. The van der Waals surface area contributed by atoms with Crippen LogP contribution in [-0.2, 0) is 0 Å². The summed E-state index contributed by atoms with van der Waals surface area (Å²) in [6.45, 7) is 6.28. The molecule has 1 heteroatoms. The van der Waals surface area contributed by atoms with Crippen LogP contribution >= 0.6 is 0 Å². The second-order valence-corrected chi connectivity index (χ2v) is 3.43. The Morgan fingerprint density at radius 3 is 2.45 bits per heavy atom. The van der Waals surface area contributed by atoms with E-state index >= 15 is 0 Å². The largest absolute Gasteiger partial charge is 0.393 e. The maximum Gasteiger partial charge on any atom is 0.0545 e. The zero-order chi connectivity index (χ0) is 8.69. The van der Waals surface area contributed by atoms with Crippen molar-refractivity contribution in [3.63, 3.8) is 0 Å². The average Bonchev–Trinajstić information content (AvgIpc) is 1.86. The molecule has 0 amide bonds. The molecule has 0 aromatic rings. The number of hydrogen-bond donors (Lipinski definition) is 1. The van der Waals surface area contributed by atoms with Crippen LogP contribution in [0.15, 0.2) is 12.2 Å². The van der Waals surface area contributed by atoms with Gasteiger partial charge in [0.05, 0.1) is 6.10 Å². The first-order valence-corrected chi connectivity index (χ1v) is 4.46. The Morgan fingerprint density at radius 2 is 2.00 bits per heavy atom. The van der Waals surface area contributed by atoms with Gasteiger partial charge in [0, 0.05) is 0 Å². The van der Waals surface area contributed by atoms with Gasteiger partial charge in [-0.1, -0.05) is 26.0 Å². The second-order valence-electron chi connectivity index (χ2n) is 3.43. The number of rotatable bonds is 5.